The molecule has 0 spiro atoms. The third-order valence-corrected chi connectivity index (χ3v) is 4.40. The van der Waals surface area contributed by atoms with Crippen LogP contribution in [-0.4, -0.2) is 19.0 Å². The van der Waals surface area contributed by atoms with Crippen LogP contribution in [0.15, 0.2) is 84.9 Å². The van der Waals surface area contributed by atoms with Crippen molar-refractivity contribution in [3.63, 3.8) is 0 Å². The van der Waals surface area contributed by atoms with Gasteiger partial charge in [0, 0.05) is 12.7 Å². The van der Waals surface area contributed by atoms with Crippen LogP contribution < -0.4 is 16.0 Å². The van der Waals surface area contributed by atoms with Gasteiger partial charge in [-0.1, -0.05) is 72.8 Å². The molecular weight excluding hydrogens is 350 g/mol. The molecule has 0 atom stereocenters. The van der Waals surface area contributed by atoms with Crippen molar-refractivity contribution in [3.8, 4) is 0 Å². The number of rotatable bonds is 6. The molecule has 0 aliphatic carbocycles. The molecule has 0 bridgehead atoms. The minimum absolute atomic E-state index is 0.0491. The summed E-state index contributed by atoms with van der Waals surface area (Å²) in [6.45, 7) is 0. The van der Waals surface area contributed by atoms with E-state index in [4.69, 9.17) is 0 Å². The monoisotopic (exact) mass is 373 g/mol. The fourth-order valence-electron chi connectivity index (χ4n) is 2.93. The molecule has 5 heteroatoms. The summed E-state index contributed by atoms with van der Waals surface area (Å²) in [5.74, 6) is -0.0491. The average Bonchev–Trinajstić information content (AvgIpc) is 2.74. The zero-order chi connectivity index (χ0) is 19.8. The van der Waals surface area contributed by atoms with Crippen molar-refractivity contribution in [2.45, 2.75) is 12.5 Å². The summed E-state index contributed by atoms with van der Waals surface area (Å²) in [5.41, 5.74) is 3.56. The van der Waals surface area contributed by atoms with Crippen LogP contribution >= 0.6 is 0 Å². The zero-order valence-corrected chi connectivity index (χ0v) is 15.7. The first kappa shape index (κ1) is 19.2. The molecule has 0 radical (unpaired) electrons. The van der Waals surface area contributed by atoms with Gasteiger partial charge in [0.1, 0.15) is 0 Å². The number of anilines is 1. The van der Waals surface area contributed by atoms with Crippen molar-refractivity contribution in [1.29, 1.82) is 0 Å². The van der Waals surface area contributed by atoms with Gasteiger partial charge in [-0.05, 0) is 28.8 Å². The van der Waals surface area contributed by atoms with Crippen LogP contribution in [0.3, 0.4) is 0 Å². The van der Waals surface area contributed by atoms with Crippen LogP contribution in [0.1, 0.15) is 22.7 Å². The summed E-state index contributed by atoms with van der Waals surface area (Å²) in [7, 11) is 1.61. The Kier molecular flexibility index (Phi) is 6.41. The molecule has 3 amide bonds. The van der Waals surface area contributed by atoms with Gasteiger partial charge < -0.3 is 16.0 Å². The highest BCUT2D eigenvalue weighted by molar-refractivity contribution is 5.90. The molecule has 0 aromatic heterocycles. The van der Waals surface area contributed by atoms with Crippen molar-refractivity contribution >= 4 is 17.6 Å². The summed E-state index contributed by atoms with van der Waals surface area (Å²) in [5, 5.41) is 8.49. The van der Waals surface area contributed by atoms with E-state index in [-0.39, 0.29) is 18.0 Å². The number of nitrogens with one attached hydrogen (secondary N) is 3. The van der Waals surface area contributed by atoms with E-state index < -0.39 is 0 Å². The molecule has 3 rings (SSSR count). The van der Waals surface area contributed by atoms with Gasteiger partial charge in [0.2, 0.25) is 5.91 Å². The molecule has 0 aliphatic rings. The zero-order valence-electron chi connectivity index (χ0n) is 15.7. The van der Waals surface area contributed by atoms with Gasteiger partial charge in [-0.3, -0.25) is 4.79 Å². The Bertz CT molecular complexity index is 870. The number of likely N-dealkylation sites (N-methyl/N-ethyl adjacent to an activating group) is 1. The first-order valence-electron chi connectivity index (χ1n) is 9.12. The Morgan fingerprint density at radius 2 is 1.32 bits per heavy atom. The first-order chi connectivity index (χ1) is 13.7. The SMILES string of the molecule is CNC(=O)Cc1ccc(NC(=O)NC(c2ccccc2)c2ccccc2)cc1. The maximum absolute atomic E-state index is 12.6. The van der Waals surface area contributed by atoms with E-state index in [9.17, 15) is 9.59 Å². The number of carbonyl (C=O) groups is 2. The summed E-state index contributed by atoms with van der Waals surface area (Å²) in [6, 6.07) is 26.4. The molecule has 3 N–H and O–H groups in total. The molecule has 0 saturated carbocycles. The fraction of sp³-hybridized carbons (Fsp3) is 0.130. The second kappa shape index (κ2) is 9.37. The fourth-order valence-corrected chi connectivity index (χ4v) is 2.93. The predicted molar refractivity (Wildman–Crippen MR) is 111 cm³/mol. The Hall–Kier alpha value is -3.60. The van der Waals surface area contributed by atoms with Gasteiger partial charge in [-0.2, -0.15) is 0 Å². The number of amides is 3. The number of carbonyl (C=O) groups excluding carboxylic acids is 2. The molecule has 5 nitrogen and oxygen atoms in total. The summed E-state index contributed by atoms with van der Waals surface area (Å²) >= 11 is 0. The summed E-state index contributed by atoms with van der Waals surface area (Å²) < 4.78 is 0. The van der Waals surface area contributed by atoms with Crippen LogP contribution in [0, 0.1) is 0 Å². The first-order valence-corrected chi connectivity index (χ1v) is 9.12. The summed E-state index contributed by atoms with van der Waals surface area (Å²) in [6.07, 6.45) is 0.313. The average molecular weight is 373 g/mol. The van der Waals surface area contributed by atoms with Crippen molar-refractivity contribution in [2.24, 2.45) is 0 Å². The molecule has 3 aromatic rings. The minimum atomic E-state index is -0.295. The van der Waals surface area contributed by atoms with Gasteiger partial charge in [0.05, 0.1) is 12.5 Å². The van der Waals surface area contributed by atoms with Gasteiger partial charge in [-0.15, -0.1) is 0 Å². The van der Waals surface area contributed by atoms with Gasteiger partial charge in [0.15, 0.2) is 0 Å². The second-order valence-electron chi connectivity index (χ2n) is 6.40. The molecule has 0 fully saturated rings. The topological polar surface area (TPSA) is 70.2 Å². The standard InChI is InChI=1S/C23H23N3O2/c1-24-21(27)16-17-12-14-20(15-13-17)25-23(28)26-22(18-8-4-2-5-9-18)19-10-6-3-7-11-19/h2-15,22H,16H2,1H3,(H,24,27)(H2,25,26,28). The van der Waals surface area contributed by atoms with Crippen LogP contribution in [-0.2, 0) is 11.2 Å². The van der Waals surface area contributed by atoms with E-state index in [1.165, 1.54) is 0 Å². The molecule has 0 unspecified atom stereocenters. The van der Waals surface area contributed by atoms with Crippen LogP contribution in [0.4, 0.5) is 10.5 Å². The second-order valence-corrected chi connectivity index (χ2v) is 6.40. The van der Waals surface area contributed by atoms with E-state index in [2.05, 4.69) is 16.0 Å². The highest BCUT2D eigenvalue weighted by Crippen LogP contribution is 2.22. The highest BCUT2D eigenvalue weighted by atomic mass is 16.2. The Morgan fingerprint density at radius 3 is 1.82 bits per heavy atom. The molecule has 0 saturated heterocycles. The molecular formula is C23H23N3O2. The smallest absolute Gasteiger partial charge is 0.319 e. The van der Waals surface area contributed by atoms with Crippen LogP contribution in [0.25, 0.3) is 0 Å². The van der Waals surface area contributed by atoms with E-state index >= 15 is 0 Å². The number of hydrogen-bond donors (Lipinski definition) is 3. The molecule has 0 aliphatic heterocycles. The van der Waals surface area contributed by atoms with E-state index in [0.29, 0.717) is 12.1 Å². The quantitative estimate of drug-likeness (QED) is 0.614. The van der Waals surface area contributed by atoms with Crippen molar-refractivity contribution in [2.75, 3.05) is 12.4 Å². The lowest BCUT2D eigenvalue weighted by atomic mass is 9.99. The lowest BCUT2D eigenvalue weighted by Crippen LogP contribution is -2.33. The molecule has 0 heterocycles. The van der Waals surface area contributed by atoms with Crippen molar-refractivity contribution in [3.05, 3.63) is 102 Å². The largest absolute Gasteiger partial charge is 0.359 e. The minimum Gasteiger partial charge on any atom is -0.359 e. The maximum Gasteiger partial charge on any atom is 0.319 e. The van der Waals surface area contributed by atoms with E-state index in [1.54, 1.807) is 19.2 Å². The number of benzene rings is 3. The molecule has 28 heavy (non-hydrogen) atoms. The lowest BCUT2D eigenvalue weighted by Gasteiger charge is -2.20. The lowest BCUT2D eigenvalue weighted by molar-refractivity contribution is -0.119. The number of hydrogen-bond acceptors (Lipinski definition) is 2. The van der Waals surface area contributed by atoms with Crippen molar-refractivity contribution in [1.82, 2.24) is 10.6 Å². The number of urea groups is 1. The van der Waals surface area contributed by atoms with Gasteiger partial charge in [0.25, 0.3) is 0 Å². The third-order valence-electron chi connectivity index (χ3n) is 4.40. The van der Waals surface area contributed by atoms with Gasteiger partial charge >= 0.3 is 6.03 Å². The Morgan fingerprint density at radius 1 is 0.786 bits per heavy atom. The molecule has 142 valence electrons. The maximum atomic E-state index is 12.6. The third kappa shape index (κ3) is 5.20. The normalized spacial score (nSPS) is 10.4. The predicted octanol–water partition coefficient (Wildman–Crippen LogP) is 3.89. The Balaban J connectivity index is 1.70. The summed E-state index contributed by atoms with van der Waals surface area (Å²) in [4.78, 5) is 24.0. The molecule has 3 aromatic carbocycles. The highest BCUT2D eigenvalue weighted by Gasteiger charge is 2.16. The Labute approximate surface area is 164 Å². The van der Waals surface area contributed by atoms with E-state index in [0.717, 1.165) is 16.7 Å². The van der Waals surface area contributed by atoms with Crippen molar-refractivity contribution < 1.29 is 9.59 Å². The van der Waals surface area contributed by atoms with Crippen LogP contribution in [0.5, 0.6) is 0 Å². The van der Waals surface area contributed by atoms with E-state index in [1.807, 2.05) is 72.8 Å². The van der Waals surface area contributed by atoms with Crippen LogP contribution in [0.2, 0.25) is 0 Å². The van der Waals surface area contributed by atoms with Gasteiger partial charge in [-0.25, -0.2) is 4.79 Å².